The highest BCUT2D eigenvalue weighted by Gasteiger charge is 2.33. The standard InChI is InChI=1S/C25H18ClN3O2S2/c1-15-21(23(30)28-18-6-3-2-4-7-18)22(19-8-5-13-32-19)29-24(31)20(33-25(29)27-15)14-16-9-11-17(26)12-10-16/h2-14,22H,1H3,(H,28,30)/b20-14-/t22-/m1/s1. The van der Waals surface area contributed by atoms with Crippen LogP contribution in [-0.2, 0) is 4.79 Å². The Labute approximate surface area is 202 Å². The Bertz CT molecular complexity index is 1530. The first-order valence-corrected chi connectivity index (χ1v) is 12.3. The van der Waals surface area contributed by atoms with Crippen LogP contribution in [0.3, 0.4) is 0 Å². The smallest absolute Gasteiger partial charge is 0.271 e. The van der Waals surface area contributed by atoms with E-state index in [0.29, 0.717) is 31.3 Å². The highest BCUT2D eigenvalue weighted by atomic mass is 35.5. The minimum atomic E-state index is -0.544. The molecule has 1 aliphatic heterocycles. The molecule has 5 rings (SSSR count). The Morgan fingerprint density at radius 1 is 1.09 bits per heavy atom. The average Bonchev–Trinajstić information content (AvgIpc) is 3.44. The van der Waals surface area contributed by atoms with Gasteiger partial charge >= 0.3 is 0 Å². The summed E-state index contributed by atoms with van der Waals surface area (Å²) in [6, 6.07) is 19.9. The number of carbonyl (C=O) groups excluding carboxylic acids is 1. The number of thiazole rings is 1. The number of amides is 1. The van der Waals surface area contributed by atoms with E-state index in [2.05, 4.69) is 10.3 Å². The molecule has 0 saturated heterocycles. The van der Waals surface area contributed by atoms with Gasteiger partial charge in [0.2, 0.25) is 0 Å². The summed E-state index contributed by atoms with van der Waals surface area (Å²) in [6.45, 7) is 1.82. The molecule has 8 heteroatoms. The summed E-state index contributed by atoms with van der Waals surface area (Å²) in [7, 11) is 0. The zero-order chi connectivity index (χ0) is 22.9. The molecular weight excluding hydrogens is 474 g/mol. The van der Waals surface area contributed by atoms with E-state index in [9.17, 15) is 9.59 Å². The first-order chi connectivity index (χ1) is 16.0. The molecule has 2 aromatic carbocycles. The van der Waals surface area contributed by atoms with Gasteiger partial charge in [0.25, 0.3) is 11.5 Å². The number of fused-ring (bicyclic) bond motifs is 1. The van der Waals surface area contributed by atoms with Crippen LogP contribution in [0.1, 0.15) is 23.4 Å². The molecule has 5 nitrogen and oxygen atoms in total. The maximum absolute atomic E-state index is 13.5. The lowest BCUT2D eigenvalue weighted by Crippen LogP contribution is -2.40. The average molecular weight is 492 g/mol. The highest BCUT2D eigenvalue weighted by Crippen LogP contribution is 2.33. The Morgan fingerprint density at radius 3 is 2.55 bits per heavy atom. The van der Waals surface area contributed by atoms with Crippen molar-refractivity contribution in [1.29, 1.82) is 0 Å². The molecule has 0 saturated carbocycles. The number of nitrogens with zero attached hydrogens (tertiary/aromatic N) is 2. The molecule has 0 unspecified atom stereocenters. The van der Waals surface area contributed by atoms with Gasteiger partial charge in [0.1, 0.15) is 6.04 Å². The largest absolute Gasteiger partial charge is 0.322 e. The van der Waals surface area contributed by atoms with Gasteiger partial charge in [0, 0.05) is 15.6 Å². The van der Waals surface area contributed by atoms with Gasteiger partial charge in [0.15, 0.2) is 4.80 Å². The summed E-state index contributed by atoms with van der Waals surface area (Å²) in [5.74, 6) is -0.271. The molecule has 0 aliphatic carbocycles. The number of para-hydroxylation sites is 1. The third-order valence-corrected chi connectivity index (χ3v) is 7.44. The van der Waals surface area contributed by atoms with E-state index in [1.54, 1.807) is 16.7 Å². The van der Waals surface area contributed by atoms with Crippen molar-refractivity contribution in [2.75, 3.05) is 5.32 Å². The van der Waals surface area contributed by atoms with E-state index in [0.717, 1.165) is 10.4 Å². The normalized spacial score (nSPS) is 15.8. The van der Waals surface area contributed by atoms with Crippen molar-refractivity contribution in [2.24, 2.45) is 4.99 Å². The van der Waals surface area contributed by atoms with Crippen LogP contribution in [0, 0.1) is 0 Å². The summed E-state index contributed by atoms with van der Waals surface area (Å²) in [5, 5.41) is 5.53. The Morgan fingerprint density at radius 2 is 1.85 bits per heavy atom. The SMILES string of the molecule is CC1=C(C(=O)Nc2ccccc2)[C@@H](c2cccs2)n2c(s/c(=C\c3ccc(Cl)cc3)c2=O)=N1. The van der Waals surface area contributed by atoms with Gasteiger partial charge in [-0.2, -0.15) is 0 Å². The molecule has 3 heterocycles. The molecular formula is C25H18ClN3O2S2. The number of benzene rings is 2. The minimum absolute atomic E-state index is 0.176. The summed E-state index contributed by atoms with van der Waals surface area (Å²) in [6.07, 6.45) is 1.83. The predicted octanol–water partition coefficient (Wildman–Crippen LogP) is 4.59. The summed E-state index contributed by atoms with van der Waals surface area (Å²) in [4.78, 5) is 33.0. The Hall–Kier alpha value is -3.26. The van der Waals surface area contributed by atoms with Crippen molar-refractivity contribution >= 4 is 51.9 Å². The first-order valence-electron chi connectivity index (χ1n) is 10.2. The monoisotopic (exact) mass is 491 g/mol. The van der Waals surface area contributed by atoms with E-state index in [-0.39, 0.29) is 11.5 Å². The third-order valence-electron chi connectivity index (χ3n) is 5.28. The van der Waals surface area contributed by atoms with Crippen LogP contribution in [0.2, 0.25) is 5.02 Å². The molecule has 1 N–H and O–H groups in total. The van der Waals surface area contributed by atoms with Gasteiger partial charge in [-0.15, -0.1) is 11.3 Å². The van der Waals surface area contributed by atoms with Gasteiger partial charge in [0.05, 0.1) is 15.8 Å². The molecule has 1 amide bonds. The second kappa shape index (κ2) is 8.94. The Kier molecular flexibility index (Phi) is 5.85. The summed E-state index contributed by atoms with van der Waals surface area (Å²) in [5.41, 5.74) is 2.44. The number of nitrogens with one attached hydrogen (secondary N) is 1. The fourth-order valence-electron chi connectivity index (χ4n) is 3.76. The topological polar surface area (TPSA) is 63.5 Å². The third kappa shape index (κ3) is 4.23. The number of hydrogen-bond acceptors (Lipinski definition) is 5. The second-order valence-corrected chi connectivity index (χ2v) is 9.89. The summed E-state index contributed by atoms with van der Waals surface area (Å²) < 4.78 is 2.18. The fraction of sp³-hybridized carbons (Fsp3) is 0.0800. The number of hydrogen-bond donors (Lipinski definition) is 1. The van der Waals surface area contributed by atoms with E-state index in [1.807, 2.05) is 73.0 Å². The fourth-order valence-corrected chi connectivity index (χ4v) is 5.75. The molecule has 0 radical (unpaired) electrons. The van der Waals surface area contributed by atoms with Crippen molar-refractivity contribution in [3.05, 3.63) is 119 Å². The predicted molar refractivity (Wildman–Crippen MR) is 135 cm³/mol. The molecule has 0 fully saturated rings. The van der Waals surface area contributed by atoms with Crippen LogP contribution >= 0.6 is 34.3 Å². The number of carbonyl (C=O) groups is 1. The van der Waals surface area contributed by atoms with E-state index >= 15 is 0 Å². The summed E-state index contributed by atoms with van der Waals surface area (Å²) >= 11 is 8.82. The van der Waals surface area contributed by atoms with Gasteiger partial charge in [-0.05, 0) is 54.3 Å². The van der Waals surface area contributed by atoms with E-state index in [1.165, 1.54) is 22.7 Å². The van der Waals surface area contributed by atoms with Crippen molar-refractivity contribution in [1.82, 2.24) is 4.57 Å². The number of rotatable bonds is 4. The number of allylic oxidation sites excluding steroid dienone is 1. The quantitative estimate of drug-likeness (QED) is 0.454. The van der Waals surface area contributed by atoms with Crippen molar-refractivity contribution < 1.29 is 4.79 Å². The molecule has 4 aromatic rings. The van der Waals surface area contributed by atoms with Gasteiger partial charge < -0.3 is 5.32 Å². The molecule has 0 bridgehead atoms. The van der Waals surface area contributed by atoms with Crippen LogP contribution in [0.15, 0.2) is 93.2 Å². The number of halogens is 1. The maximum atomic E-state index is 13.5. The number of anilines is 1. The van der Waals surface area contributed by atoms with Crippen LogP contribution < -0.4 is 20.2 Å². The zero-order valence-electron chi connectivity index (χ0n) is 17.5. The van der Waals surface area contributed by atoms with Gasteiger partial charge in [-0.1, -0.05) is 59.3 Å². The number of aromatic nitrogens is 1. The second-order valence-electron chi connectivity index (χ2n) is 7.47. The van der Waals surface area contributed by atoms with Crippen LogP contribution in [0.25, 0.3) is 6.08 Å². The molecule has 33 heavy (non-hydrogen) atoms. The van der Waals surface area contributed by atoms with E-state index in [4.69, 9.17) is 11.6 Å². The molecule has 2 aromatic heterocycles. The van der Waals surface area contributed by atoms with Crippen LogP contribution in [0.4, 0.5) is 5.69 Å². The van der Waals surface area contributed by atoms with Gasteiger partial charge in [-0.3, -0.25) is 14.2 Å². The lowest BCUT2D eigenvalue weighted by Gasteiger charge is -2.24. The molecule has 0 spiro atoms. The first kappa shape index (κ1) is 21.6. The van der Waals surface area contributed by atoms with E-state index < -0.39 is 6.04 Å². The van der Waals surface area contributed by atoms with Crippen LogP contribution in [0.5, 0.6) is 0 Å². The van der Waals surface area contributed by atoms with Crippen molar-refractivity contribution in [2.45, 2.75) is 13.0 Å². The maximum Gasteiger partial charge on any atom is 0.271 e. The molecule has 1 aliphatic rings. The lowest BCUT2D eigenvalue weighted by atomic mass is 10.0. The zero-order valence-corrected chi connectivity index (χ0v) is 19.9. The molecule has 164 valence electrons. The minimum Gasteiger partial charge on any atom is -0.322 e. The lowest BCUT2D eigenvalue weighted by molar-refractivity contribution is -0.113. The van der Waals surface area contributed by atoms with Gasteiger partial charge in [-0.25, -0.2) is 4.99 Å². The Balaban J connectivity index is 1.65. The van der Waals surface area contributed by atoms with Crippen molar-refractivity contribution in [3.63, 3.8) is 0 Å². The molecule has 1 atom stereocenters. The highest BCUT2D eigenvalue weighted by molar-refractivity contribution is 7.10. The van der Waals surface area contributed by atoms with Crippen molar-refractivity contribution in [3.8, 4) is 0 Å². The van der Waals surface area contributed by atoms with Crippen LogP contribution in [-0.4, -0.2) is 10.5 Å². The number of thiophene rings is 1.